The molecule has 31 heavy (non-hydrogen) atoms. The molecule has 0 aromatic heterocycles. The average molecular weight is 437 g/mol. The van der Waals surface area contributed by atoms with Gasteiger partial charge in [0, 0.05) is 12.2 Å². The van der Waals surface area contributed by atoms with Crippen LogP contribution in [0.3, 0.4) is 0 Å². The molecule has 0 aliphatic heterocycles. The molecule has 1 aliphatic rings. The Labute approximate surface area is 191 Å². The average Bonchev–Trinajstić information content (AvgIpc) is 3.03. The lowest BCUT2D eigenvalue weighted by Crippen LogP contribution is -2.16. The van der Waals surface area contributed by atoms with Crippen LogP contribution in [0.2, 0.25) is 0 Å². The predicted octanol–water partition coefficient (Wildman–Crippen LogP) is 7.83. The highest BCUT2D eigenvalue weighted by atomic mass is 16.5. The first-order valence-corrected chi connectivity index (χ1v) is 13.3. The van der Waals surface area contributed by atoms with Gasteiger partial charge in [-0.2, -0.15) is 0 Å². The molecule has 0 N–H and O–H groups in total. The van der Waals surface area contributed by atoms with E-state index >= 15 is 0 Å². The van der Waals surface area contributed by atoms with Gasteiger partial charge in [-0.1, -0.05) is 103 Å². The van der Waals surface area contributed by atoms with E-state index in [4.69, 9.17) is 9.47 Å². The zero-order valence-electron chi connectivity index (χ0n) is 20.2. The highest BCUT2D eigenvalue weighted by Crippen LogP contribution is 2.20. The summed E-state index contributed by atoms with van der Waals surface area (Å²) in [5.41, 5.74) is 0. The minimum Gasteiger partial charge on any atom is -0.463 e. The van der Waals surface area contributed by atoms with E-state index in [9.17, 15) is 9.59 Å². The second-order valence-corrected chi connectivity index (χ2v) is 9.15. The third kappa shape index (κ3) is 18.0. The predicted molar refractivity (Wildman–Crippen MR) is 128 cm³/mol. The molecule has 1 fully saturated rings. The van der Waals surface area contributed by atoms with Gasteiger partial charge in [-0.05, 0) is 32.1 Å². The largest absolute Gasteiger partial charge is 0.463 e. The summed E-state index contributed by atoms with van der Waals surface area (Å²) in [5, 5.41) is 0. The SMILES string of the molecule is CCCCCCCCCCCCCCCCOC(=O)/C=C/C(=O)OC1CCCCCC1. The zero-order chi connectivity index (χ0) is 22.4. The highest BCUT2D eigenvalue weighted by molar-refractivity contribution is 5.91. The van der Waals surface area contributed by atoms with Crippen molar-refractivity contribution in [1.29, 1.82) is 0 Å². The van der Waals surface area contributed by atoms with Crippen LogP contribution in [0.25, 0.3) is 0 Å². The summed E-state index contributed by atoms with van der Waals surface area (Å²) >= 11 is 0. The number of hydrogen-bond donors (Lipinski definition) is 0. The quantitative estimate of drug-likeness (QED) is 0.0950. The van der Waals surface area contributed by atoms with Crippen LogP contribution in [-0.4, -0.2) is 24.6 Å². The minimum absolute atomic E-state index is 0.00576. The van der Waals surface area contributed by atoms with Gasteiger partial charge in [0.15, 0.2) is 0 Å². The Morgan fingerprint density at radius 3 is 1.61 bits per heavy atom. The van der Waals surface area contributed by atoms with Crippen molar-refractivity contribution in [2.24, 2.45) is 0 Å². The molecule has 0 aromatic carbocycles. The molecule has 0 bridgehead atoms. The molecular weight excluding hydrogens is 388 g/mol. The maximum Gasteiger partial charge on any atom is 0.331 e. The lowest BCUT2D eigenvalue weighted by atomic mass is 10.0. The second kappa shape index (κ2) is 20.6. The lowest BCUT2D eigenvalue weighted by Gasteiger charge is -2.13. The molecule has 0 unspecified atom stereocenters. The fourth-order valence-corrected chi connectivity index (χ4v) is 4.22. The Hall–Kier alpha value is -1.32. The van der Waals surface area contributed by atoms with Crippen LogP contribution in [0.5, 0.6) is 0 Å². The molecule has 0 spiro atoms. The molecule has 1 saturated carbocycles. The van der Waals surface area contributed by atoms with E-state index in [0.29, 0.717) is 6.61 Å². The summed E-state index contributed by atoms with van der Waals surface area (Å²) in [6.07, 6.45) is 27.2. The van der Waals surface area contributed by atoms with E-state index in [1.807, 2.05) is 0 Å². The van der Waals surface area contributed by atoms with Gasteiger partial charge >= 0.3 is 11.9 Å². The van der Waals surface area contributed by atoms with Crippen molar-refractivity contribution < 1.29 is 19.1 Å². The van der Waals surface area contributed by atoms with Crippen LogP contribution >= 0.6 is 0 Å². The van der Waals surface area contributed by atoms with Gasteiger partial charge in [-0.3, -0.25) is 0 Å². The first-order chi connectivity index (χ1) is 15.2. The van der Waals surface area contributed by atoms with Gasteiger partial charge < -0.3 is 9.47 Å². The van der Waals surface area contributed by atoms with Crippen molar-refractivity contribution in [2.45, 2.75) is 141 Å². The third-order valence-corrected chi connectivity index (χ3v) is 6.18. The fraction of sp³-hybridized carbons (Fsp3) is 0.852. The number of carbonyl (C=O) groups excluding carboxylic acids is 2. The van der Waals surface area contributed by atoms with Gasteiger partial charge in [-0.15, -0.1) is 0 Å². The molecule has 1 rings (SSSR count). The summed E-state index contributed by atoms with van der Waals surface area (Å²) in [4.78, 5) is 23.5. The van der Waals surface area contributed by atoms with Gasteiger partial charge in [0.05, 0.1) is 6.61 Å². The second-order valence-electron chi connectivity index (χ2n) is 9.15. The normalized spacial score (nSPS) is 15.1. The first kappa shape index (κ1) is 27.7. The molecule has 4 nitrogen and oxygen atoms in total. The van der Waals surface area contributed by atoms with E-state index in [1.165, 1.54) is 102 Å². The maximum atomic E-state index is 11.8. The summed E-state index contributed by atoms with van der Waals surface area (Å²) in [6, 6.07) is 0. The van der Waals surface area contributed by atoms with Crippen LogP contribution in [0.4, 0.5) is 0 Å². The molecule has 180 valence electrons. The summed E-state index contributed by atoms with van der Waals surface area (Å²) in [6.45, 7) is 2.70. The third-order valence-electron chi connectivity index (χ3n) is 6.18. The first-order valence-electron chi connectivity index (χ1n) is 13.3. The number of ether oxygens (including phenoxy) is 2. The van der Waals surface area contributed by atoms with E-state index < -0.39 is 11.9 Å². The van der Waals surface area contributed by atoms with Gasteiger partial charge in [0.1, 0.15) is 6.10 Å². The standard InChI is InChI=1S/C27H48O4/c1-2-3-4-5-6-7-8-9-10-11-12-13-16-19-24-30-26(28)22-23-27(29)31-25-20-17-14-15-18-21-25/h22-23,25H,2-21,24H2,1H3/b23-22+. The molecule has 0 amide bonds. The summed E-state index contributed by atoms with van der Waals surface area (Å²) < 4.78 is 10.6. The van der Waals surface area contributed by atoms with Crippen molar-refractivity contribution in [1.82, 2.24) is 0 Å². The Bertz CT molecular complexity index is 464. The number of esters is 2. The number of carbonyl (C=O) groups is 2. The van der Waals surface area contributed by atoms with Gasteiger partial charge in [0.25, 0.3) is 0 Å². The smallest absolute Gasteiger partial charge is 0.331 e. The van der Waals surface area contributed by atoms with Crippen molar-refractivity contribution in [3.63, 3.8) is 0 Å². The molecule has 1 aliphatic carbocycles. The molecule has 4 heteroatoms. The van der Waals surface area contributed by atoms with Crippen LogP contribution in [0, 0.1) is 0 Å². The molecule has 0 saturated heterocycles. The van der Waals surface area contributed by atoms with Crippen molar-refractivity contribution in [3.8, 4) is 0 Å². The number of rotatable bonds is 18. The monoisotopic (exact) mass is 436 g/mol. The Morgan fingerprint density at radius 1 is 0.645 bits per heavy atom. The summed E-state index contributed by atoms with van der Waals surface area (Å²) in [5.74, 6) is -0.882. The Balaban J connectivity index is 1.86. The topological polar surface area (TPSA) is 52.6 Å². The van der Waals surface area contributed by atoms with Crippen LogP contribution in [0.1, 0.15) is 135 Å². The maximum absolute atomic E-state index is 11.8. The fourth-order valence-electron chi connectivity index (χ4n) is 4.22. The Kier molecular flexibility index (Phi) is 18.4. The minimum atomic E-state index is -0.451. The molecule has 0 atom stereocenters. The summed E-state index contributed by atoms with van der Waals surface area (Å²) in [7, 11) is 0. The van der Waals surface area contributed by atoms with Gasteiger partial charge in [0.2, 0.25) is 0 Å². The number of hydrogen-bond acceptors (Lipinski definition) is 4. The zero-order valence-corrected chi connectivity index (χ0v) is 20.2. The van der Waals surface area contributed by atoms with E-state index in [2.05, 4.69) is 6.92 Å². The van der Waals surface area contributed by atoms with Crippen LogP contribution < -0.4 is 0 Å². The Morgan fingerprint density at radius 2 is 1.10 bits per heavy atom. The molecule has 0 aromatic rings. The van der Waals surface area contributed by atoms with E-state index in [1.54, 1.807) is 0 Å². The number of unbranched alkanes of at least 4 members (excludes halogenated alkanes) is 13. The van der Waals surface area contributed by atoms with Crippen molar-refractivity contribution >= 4 is 11.9 Å². The van der Waals surface area contributed by atoms with Crippen molar-refractivity contribution in [3.05, 3.63) is 12.2 Å². The molecule has 0 radical (unpaired) electrons. The van der Waals surface area contributed by atoms with Crippen molar-refractivity contribution in [2.75, 3.05) is 6.61 Å². The van der Waals surface area contributed by atoms with Crippen LogP contribution in [0.15, 0.2) is 12.2 Å². The highest BCUT2D eigenvalue weighted by Gasteiger charge is 2.15. The molecular formula is C27H48O4. The van der Waals surface area contributed by atoms with Crippen LogP contribution in [-0.2, 0) is 19.1 Å². The lowest BCUT2D eigenvalue weighted by molar-refractivity contribution is -0.144. The van der Waals surface area contributed by atoms with E-state index in [0.717, 1.165) is 38.5 Å². The molecule has 0 heterocycles. The van der Waals surface area contributed by atoms with Gasteiger partial charge in [-0.25, -0.2) is 9.59 Å². The van der Waals surface area contributed by atoms with E-state index in [-0.39, 0.29) is 6.10 Å².